The van der Waals surface area contributed by atoms with Crippen molar-refractivity contribution in [3.63, 3.8) is 0 Å². The Morgan fingerprint density at radius 3 is 2.48 bits per heavy atom. The van der Waals surface area contributed by atoms with Gasteiger partial charge in [-0.2, -0.15) is 0 Å². The van der Waals surface area contributed by atoms with Gasteiger partial charge in [-0.05, 0) is 43.4 Å². The second-order valence-corrected chi connectivity index (χ2v) is 5.77. The first kappa shape index (κ1) is 15.5. The highest BCUT2D eigenvalue weighted by Gasteiger charge is 2.26. The summed E-state index contributed by atoms with van der Waals surface area (Å²) in [4.78, 5) is 23.3. The van der Waals surface area contributed by atoms with Gasteiger partial charge in [0.05, 0.1) is 0 Å². The van der Waals surface area contributed by atoms with Crippen LogP contribution in [0.15, 0.2) is 18.2 Å². The van der Waals surface area contributed by atoms with Crippen LogP contribution in [0, 0.1) is 12.8 Å². The summed E-state index contributed by atoms with van der Waals surface area (Å²) in [6, 6.07) is 5.62. The van der Waals surface area contributed by atoms with Gasteiger partial charge in [0.15, 0.2) is 0 Å². The first-order valence-corrected chi connectivity index (χ1v) is 7.40. The number of nitrogens with one attached hydrogen (secondary N) is 2. The van der Waals surface area contributed by atoms with E-state index in [1.54, 1.807) is 0 Å². The van der Waals surface area contributed by atoms with Gasteiger partial charge in [0, 0.05) is 30.8 Å². The molecule has 1 aromatic carbocycles. The molecular weight excluding hydrogens is 266 g/mol. The van der Waals surface area contributed by atoms with Gasteiger partial charge in [-0.15, -0.1) is 0 Å². The van der Waals surface area contributed by atoms with Crippen molar-refractivity contribution >= 4 is 23.2 Å². The molecule has 1 fully saturated rings. The summed E-state index contributed by atoms with van der Waals surface area (Å²) in [5.41, 5.74) is 8.31. The molecule has 0 saturated heterocycles. The Bertz CT molecular complexity index is 542. The molecule has 1 aromatic rings. The van der Waals surface area contributed by atoms with Crippen molar-refractivity contribution in [3.05, 3.63) is 23.8 Å². The average molecular weight is 289 g/mol. The lowest BCUT2D eigenvalue weighted by molar-refractivity contribution is -0.117. The highest BCUT2D eigenvalue weighted by Crippen LogP contribution is 2.28. The van der Waals surface area contributed by atoms with E-state index in [2.05, 4.69) is 10.6 Å². The fraction of sp³-hybridized carbons (Fsp3) is 0.500. The average Bonchev–Trinajstić information content (AvgIpc) is 2.79. The summed E-state index contributed by atoms with van der Waals surface area (Å²) in [6.07, 6.45) is 3.61. The third-order valence-electron chi connectivity index (χ3n) is 4.08. The molecule has 0 radical (unpaired) electrons. The van der Waals surface area contributed by atoms with Crippen molar-refractivity contribution in [3.8, 4) is 0 Å². The van der Waals surface area contributed by atoms with Crippen LogP contribution in [0.25, 0.3) is 0 Å². The number of benzene rings is 1. The SMILES string of the molecule is CC(=O)Nc1cccc(NC(=O)C[C@@H]2CCC[C@H]2N)c1C. The van der Waals surface area contributed by atoms with E-state index in [0.717, 1.165) is 36.2 Å². The molecule has 0 aromatic heterocycles. The second kappa shape index (κ2) is 6.72. The second-order valence-electron chi connectivity index (χ2n) is 5.77. The van der Waals surface area contributed by atoms with Crippen LogP contribution in [0.1, 0.15) is 38.2 Å². The first-order chi connectivity index (χ1) is 9.97. The maximum absolute atomic E-state index is 12.1. The van der Waals surface area contributed by atoms with E-state index < -0.39 is 0 Å². The molecule has 0 aliphatic heterocycles. The lowest BCUT2D eigenvalue weighted by atomic mass is 9.99. The molecule has 0 unspecified atom stereocenters. The smallest absolute Gasteiger partial charge is 0.224 e. The van der Waals surface area contributed by atoms with Crippen LogP contribution in [0.4, 0.5) is 11.4 Å². The Morgan fingerprint density at radius 2 is 1.90 bits per heavy atom. The van der Waals surface area contributed by atoms with Crippen molar-refractivity contribution < 1.29 is 9.59 Å². The van der Waals surface area contributed by atoms with Crippen LogP contribution in [-0.4, -0.2) is 17.9 Å². The number of hydrogen-bond donors (Lipinski definition) is 3. The van der Waals surface area contributed by atoms with E-state index in [-0.39, 0.29) is 23.8 Å². The monoisotopic (exact) mass is 289 g/mol. The Hall–Kier alpha value is -1.88. The number of rotatable bonds is 4. The molecule has 2 rings (SSSR count). The van der Waals surface area contributed by atoms with Gasteiger partial charge >= 0.3 is 0 Å². The molecule has 1 aliphatic carbocycles. The Balaban J connectivity index is 2.02. The largest absolute Gasteiger partial charge is 0.327 e. The normalized spacial score (nSPS) is 21.1. The number of anilines is 2. The van der Waals surface area contributed by atoms with Crippen LogP contribution in [0.5, 0.6) is 0 Å². The number of carbonyl (C=O) groups is 2. The summed E-state index contributed by atoms with van der Waals surface area (Å²) in [6.45, 7) is 3.34. The number of hydrogen-bond acceptors (Lipinski definition) is 3. The van der Waals surface area contributed by atoms with Crippen molar-refractivity contribution in [2.45, 2.75) is 45.6 Å². The predicted octanol–water partition coefficient (Wildman–Crippen LogP) is 2.41. The molecule has 0 bridgehead atoms. The van der Waals surface area contributed by atoms with Crippen molar-refractivity contribution in [2.24, 2.45) is 11.7 Å². The van der Waals surface area contributed by atoms with E-state index in [9.17, 15) is 9.59 Å². The molecule has 21 heavy (non-hydrogen) atoms. The summed E-state index contributed by atoms with van der Waals surface area (Å²) >= 11 is 0. The molecule has 5 heteroatoms. The van der Waals surface area contributed by atoms with Gasteiger partial charge in [0.25, 0.3) is 0 Å². The van der Waals surface area contributed by atoms with Crippen molar-refractivity contribution in [1.29, 1.82) is 0 Å². The zero-order valence-electron chi connectivity index (χ0n) is 12.6. The van der Waals surface area contributed by atoms with Gasteiger partial charge in [0.1, 0.15) is 0 Å². The number of amides is 2. The van der Waals surface area contributed by atoms with Gasteiger partial charge in [-0.1, -0.05) is 12.5 Å². The van der Waals surface area contributed by atoms with Crippen LogP contribution in [0.3, 0.4) is 0 Å². The van der Waals surface area contributed by atoms with E-state index in [1.807, 2.05) is 25.1 Å². The molecule has 0 spiro atoms. The van der Waals surface area contributed by atoms with Crippen LogP contribution in [-0.2, 0) is 9.59 Å². The standard InChI is InChI=1S/C16H23N3O2/c1-10-14(18-11(2)20)7-4-8-15(10)19-16(21)9-12-5-3-6-13(12)17/h4,7-8,12-13H,3,5-6,9,17H2,1-2H3,(H,18,20)(H,19,21)/t12-,13+/m0/s1. The molecule has 0 heterocycles. The maximum Gasteiger partial charge on any atom is 0.224 e. The molecule has 1 aliphatic rings. The lowest BCUT2D eigenvalue weighted by Crippen LogP contribution is -2.28. The third kappa shape index (κ3) is 4.04. The molecule has 5 nitrogen and oxygen atoms in total. The summed E-state index contributed by atoms with van der Waals surface area (Å²) in [5, 5.41) is 5.68. The first-order valence-electron chi connectivity index (χ1n) is 7.40. The fourth-order valence-corrected chi connectivity index (χ4v) is 2.85. The number of carbonyl (C=O) groups excluding carboxylic acids is 2. The minimum atomic E-state index is -0.126. The predicted molar refractivity (Wildman–Crippen MR) is 84.0 cm³/mol. The summed E-state index contributed by atoms with van der Waals surface area (Å²) < 4.78 is 0. The third-order valence-corrected chi connectivity index (χ3v) is 4.08. The molecule has 1 saturated carbocycles. The van der Waals surface area contributed by atoms with E-state index in [1.165, 1.54) is 6.92 Å². The zero-order valence-corrected chi connectivity index (χ0v) is 12.6. The van der Waals surface area contributed by atoms with Gasteiger partial charge in [-0.25, -0.2) is 0 Å². The number of nitrogens with two attached hydrogens (primary N) is 1. The zero-order chi connectivity index (χ0) is 15.4. The molecule has 2 amide bonds. The summed E-state index contributed by atoms with van der Waals surface area (Å²) in [7, 11) is 0. The van der Waals surface area contributed by atoms with Crippen LogP contribution < -0.4 is 16.4 Å². The quantitative estimate of drug-likeness (QED) is 0.795. The Morgan fingerprint density at radius 1 is 1.24 bits per heavy atom. The highest BCUT2D eigenvalue weighted by molar-refractivity contribution is 5.95. The van der Waals surface area contributed by atoms with Gasteiger partial charge in [-0.3, -0.25) is 9.59 Å². The van der Waals surface area contributed by atoms with Gasteiger partial charge < -0.3 is 16.4 Å². The van der Waals surface area contributed by atoms with E-state index in [0.29, 0.717) is 6.42 Å². The van der Waals surface area contributed by atoms with Crippen LogP contribution >= 0.6 is 0 Å². The molecule has 2 atom stereocenters. The topological polar surface area (TPSA) is 84.2 Å². The van der Waals surface area contributed by atoms with Crippen molar-refractivity contribution in [2.75, 3.05) is 10.6 Å². The Kier molecular flexibility index (Phi) is 4.96. The molecule has 114 valence electrons. The Labute approximate surface area is 125 Å². The highest BCUT2D eigenvalue weighted by atomic mass is 16.2. The minimum absolute atomic E-state index is 0.0135. The maximum atomic E-state index is 12.1. The lowest BCUT2D eigenvalue weighted by Gasteiger charge is -2.16. The minimum Gasteiger partial charge on any atom is -0.327 e. The summed E-state index contributed by atoms with van der Waals surface area (Å²) in [5.74, 6) is 0.141. The van der Waals surface area contributed by atoms with E-state index in [4.69, 9.17) is 5.73 Å². The van der Waals surface area contributed by atoms with Gasteiger partial charge in [0.2, 0.25) is 11.8 Å². The van der Waals surface area contributed by atoms with E-state index >= 15 is 0 Å². The fourth-order valence-electron chi connectivity index (χ4n) is 2.85. The van der Waals surface area contributed by atoms with Crippen molar-refractivity contribution in [1.82, 2.24) is 0 Å². The molecular formula is C16H23N3O2. The molecule has 4 N–H and O–H groups in total. The van der Waals surface area contributed by atoms with Crippen LogP contribution in [0.2, 0.25) is 0 Å².